The Morgan fingerprint density at radius 2 is 1.80 bits per heavy atom. The number of carbonyl (C=O) groups is 2. The lowest BCUT2D eigenvalue weighted by molar-refractivity contribution is -0.129. The number of amides is 2. The third-order valence-electron chi connectivity index (χ3n) is 3.11. The van der Waals surface area contributed by atoms with Crippen LogP contribution < -0.4 is 11.1 Å². The first-order valence-electron chi connectivity index (χ1n) is 6.93. The molecule has 0 aliphatic rings. The minimum atomic E-state index is -1.31. The molecule has 0 bridgehead atoms. The molecule has 0 fully saturated rings. The van der Waals surface area contributed by atoms with Gasteiger partial charge in [-0.15, -0.1) is 0 Å². The van der Waals surface area contributed by atoms with Crippen molar-refractivity contribution in [2.24, 2.45) is 11.7 Å². The molecule has 118 valence electrons. The van der Waals surface area contributed by atoms with E-state index in [0.717, 1.165) is 0 Å². The Balaban J connectivity index is 4.86. The molecule has 0 aromatic rings. The van der Waals surface area contributed by atoms with E-state index in [4.69, 9.17) is 10.5 Å². The Morgan fingerprint density at radius 3 is 2.15 bits per heavy atom. The quantitative estimate of drug-likeness (QED) is 0.712. The summed E-state index contributed by atoms with van der Waals surface area (Å²) in [7, 11) is 0. The summed E-state index contributed by atoms with van der Waals surface area (Å²) in [5.41, 5.74) is 4.09. The predicted octanol–water partition coefficient (Wildman–Crippen LogP) is 1.55. The first-order valence-corrected chi connectivity index (χ1v) is 6.93. The van der Waals surface area contributed by atoms with Gasteiger partial charge in [0.05, 0.1) is 6.10 Å². The van der Waals surface area contributed by atoms with Gasteiger partial charge in [0.25, 0.3) is 0 Å². The lowest BCUT2D eigenvalue weighted by Crippen LogP contribution is -2.60. The molecular formula is C14H28N2O4. The molecule has 0 aliphatic carbocycles. The molecule has 0 saturated heterocycles. The molecule has 0 radical (unpaired) electrons. The Bertz CT molecular complexity index is 350. The van der Waals surface area contributed by atoms with Crippen molar-refractivity contribution in [3.63, 3.8) is 0 Å². The minimum Gasteiger partial charge on any atom is -0.444 e. The van der Waals surface area contributed by atoms with E-state index in [1.54, 1.807) is 41.5 Å². The lowest BCUT2D eigenvalue weighted by Gasteiger charge is -2.33. The van der Waals surface area contributed by atoms with E-state index in [0.29, 0.717) is 6.42 Å². The molecule has 0 aromatic carbocycles. The van der Waals surface area contributed by atoms with E-state index in [-0.39, 0.29) is 12.3 Å². The molecule has 2 atom stereocenters. The van der Waals surface area contributed by atoms with E-state index in [1.807, 2.05) is 0 Å². The van der Waals surface area contributed by atoms with Crippen LogP contribution in [0.15, 0.2) is 0 Å². The van der Waals surface area contributed by atoms with Crippen LogP contribution in [0.25, 0.3) is 0 Å². The number of imide groups is 1. The van der Waals surface area contributed by atoms with Gasteiger partial charge in [0.1, 0.15) is 11.1 Å². The van der Waals surface area contributed by atoms with Crippen LogP contribution in [-0.2, 0) is 9.53 Å². The Morgan fingerprint density at radius 1 is 1.30 bits per heavy atom. The highest BCUT2D eigenvalue weighted by atomic mass is 16.6. The molecule has 0 aromatic heterocycles. The second-order valence-corrected chi connectivity index (χ2v) is 6.42. The van der Waals surface area contributed by atoms with Crippen molar-refractivity contribution >= 4 is 12.0 Å². The molecule has 2 unspecified atom stereocenters. The molecule has 6 heteroatoms. The standard InChI is InChI=1S/C14H28N2O4/c1-7-10(17)8-14(15,9(2)3)11(18)16-12(19)20-13(4,5)6/h9-10,17H,7-8,15H2,1-6H3,(H,16,18,19). The largest absolute Gasteiger partial charge is 0.444 e. The van der Waals surface area contributed by atoms with Gasteiger partial charge < -0.3 is 15.6 Å². The summed E-state index contributed by atoms with van der Waals surface area (Å²) in [6, 6.07) is 0. The second kappa shape index (κ2) is 7.04. The van der Waals surface area contributed by atoms with Crippen LogP contribution in [0.2, 0.25) is 0 Å². The lowest BCUT2D eigenvalue weighted by atomic mass is 9.81. The Hall–Kier alpha value is -1.14. The molecule has 0 saturated carbocycles. The van der Waals surface area contributed by atoms with Crippen molar-refractivity contribution in [2.45, 2.75) is 71.6 Å². The maximum Gasteiger partial charge on any atom is 0.414 e. The first kappa shape index (κ1) is 18.9. The number of hydrogen-bond donors (Lipinski definition) is 3. The topological polar surface area (TPSA) is 102 Å². The fourth-order valence-electron chi connectivity index (χ4n) is 1.64. The van der Waals surface area contributed by atoms with Crippen LogP contribution in [0.1, 0.15) is 54.4 Å². The number of nitrogens with one attached hydrogen (secondary N) is 1. The number of ether oxygens (including phenoxy) is 1. The van der Waals surface area contributed by atoms with Crippen molar-refractivity contribution in [1.82, 2.24) is 5.32 Å². The number of nitrogens with two attached hydrogens (primary N) is 1. The summed E-state index contributed by atoms with van der Waals surface area (Å²) in [5, 5.41) is 11.9. The van der Waals surface area contributed by atoms with Crippen molar-refractivity contribution in [3.8, 4) is 0 Å². The molecule has 2 amide bonds. The summed E-state index contributed by atoms with van der Waals surface area (Å²) < 4.78 is 5.03. The van der Waals surface area contributed by atoms with Crippen molar-refractivity contribution in [3.05, 3.63) is 0 Å². The van der Waals surface area contributed by atoms with Crippen LogP contribution in [-0.4, -0.2) is 34.4 Å². The molecule has 0 spiro atoms. The molecule has 0 aliphatic heterocycles. The van der Waals surface area contributed by atoms with Gasteiger partial charge in [-0.25, -0.2) is 4.79 Å². The number of hydrogen-bond acceptors (Lipinski definition) is 5. The van der Waals surface area contributed by atoms with E-state index in [9.17, 15) is 14.7 Å². The maximum absolute atomic E-state index is 12.2. The minimum absolute atomic E-state index is 0.0931. The van der Waals surface area contributed by atoms with Gasteiger partial charge in [-0.05, 0) is 33.1 Å². The third-order valence-corrected chi connectivity index (χ3v) is 3.11. The summed E-state index contributed by atoms with van der Waals surface area (Å²) >= 11 is 0. The fraction of sp³-hybridized carbons (Fsp3) is 0.857. The summed E-state index contributed by atoms with van der Waals surface area (Å²) in [5.74, 6) is -0.861. The highest BCUT2D eigenvalue weighted by Gasteiger charge is 2.40. The van der Waals surface area contributed by atoms with Crippen LogP contribution in [0, 0.1) is 5.92 Å². The zero-order valence-electron chi connectivity index (χ0n) is 13.3. The van der Waals surface area contributed by atoms with Crippen molar-refractivity contribution < 1.29 is 19.4 Å². The first-order chi connectivity index (χ1) is 8.92. The molecule has 20 heavy (non-hydrogen) atoms. The van der Waals surface area contributed by atoms with Crippen molar-refractivity contribution in [2.75, 3.05) is 0 Å². The van der Waals surface area contributed by atoms with Gasteiger partial charge >= 0.3 is 6.09 Å². The monoisotopic (exact) mass is 288 g/mol. The highest BCUT2D eigenvalue weighted by molar-refractivity contribution is 5.97. The van der Waals surface area contributed by atoms with Crippen LogP contribution in [0.5, 0.6) is 0 Å². The average Bonchev–Trinajstić information content (AvgIpc) is 2.25. The normalized spacial score (nSPS) is 16.4. The average molecular weight is 288 g/mol. The maximum atomic E-state index is 12.2. The Labute approximate surface area is 121 Å². The van der Waals surface area contributed by atoms with Gasteiger partial charge in [0.15, 0.2) is 0 Å². The number of carbonyl (C=O) groups excluding carboxylic acids is 2. The summed E-state index contributed by atoms with van der Waals surface area (Å²) in [6.07, 6.45) is -0.933. The molecule has 0 heterocycles. The Kier molecular flexibility index (Phi) is 6.64. The molecule has 6 nitrogen and oxygen atoms in total. The molecule has 0 rings (SSSR count). The van der Waals surface area contributed by atoms with Crippen LogP contribution in [0.3, 0.4) is 0 Å². The zero-order valence-corrected chi connectivity index (χ0v) is 13.3. The third kappa shape index (κ3) is 5.88. The zero-order chi connectivity index (χ0) is 16.1. The van der Waals surface area contributed by atoms with Gasteiger partial charge in [-0.2, -0.15) is 0 Å². The van der Waals surface area contributed by atoms with Crippen LogP contribution in [0.4, 0.5) is 4.79 Å². The molecule has 4 N–H and O–H groups in total. The van der Waals surface area contributed by atoms with E-state index < -0.39 is 29.2 Å². The number of aliphatic hydroxyl groups is 1. The van der Waals surface area contributed by atoms with Crippen molar-refractivity contribution in [1.29, 1.82) is 0 Å². The molecular weight excluding hydrogens is 260 g/mol. The summed E-state index contributed by atoms with van der Waals surface area (Å²) in [4.78, 5) is 23.8. The van der Waals surface area contributed by atoms with Gasteiger partial charge in [0.2, 0.25) is 5.91 Å². The van der Waals surface area contributed by atoms with Gasteiger partial charge in [0, 0.05) is 6.42 Å². The highest BCUT2D eigenvalue weighted by Crippen LogP contribution is 2.22. The number of alkyl carbamates (subject to hydrolysis) is 1. The number of aliphatic hydroxyl groups excluding tert-OH is 1. The number of rotatable bonds is 5. The SMILES string of the molecule is CCC(O)CC(N)(C(=O)NC(=O)OC(C)(C)C)C(C)C. The second-order valence-electron chi connectivity index (χ2n) is 6.42. The smallest absolute Gasteiger partial charge is 0.414 e. The van der Waals surface area contributed by atoms with E-state index in [2.05, 4.69) is 5.32 Å². The van der Waals surface area contributed by atoms with E-state index in [1.165, 1.54) is 0 Å². The fourth-order valence-corrected chi connectivity index (χ4v) is 1.64. The van der Waals surface area contributed by atoms with E-state index >= 15 is 0 Å². The predicted molar refractivity (Wildman–Crippen MR) is 77.0 cm³/mol. The van der Waals surface area contributed by atoms with Crippen LogP contribution >= 0.6 is 0 Å². The van der Waals surface area contributed by atoms with Gasteiger partial charge in [-0.1, -0.05) is 20.8 Å². The van der Waals surface area contributed by atoms with Gasteiger partial charge in [-0.3, -0.25) is 10.1 Å². The summed E-state index contributed by atoms with van der Waals surface area (Å²) in [6.45, 7) is 10.5.